The lowest BCUT2D eigenvalue weighted by Crippen LogP contribution is -2.13. The van der Waals surface area contributed by atoms with Gasteiger partial charge in [0, 0.05) is 0 Å². The molecule has 1 heteroatoms. The molecular weight excluding hydrogens is 148 g/mol. The lowest BCUT2D eigenvalue weighted by Gasteiger charge is -2.23. The monoisotopic (exact) mass is 168 g/mol. The third-order valence-electron chi connectivity index (χ3n) is 2.96. The summed E-state index contributed by atoms with van der Waals surface area (Å²) >= 11 is 0. The Hall–Kier alpha value is -0.300. The van der Waals surface area contributed by atoms with Gasteiger partial charge in [-0.05, 0) is 44.4 Å². The molecule has 0 radical (unpaired) electrons. The molecule has 0 bridgehead atoms. The van der Waals surface area contributed by atoms with E-state index < -0.39 is 0 Å². The molecule has 0 aromatic carbocycles. The minimum Gasteiger partial charge on any atom is -0.393 e. The largest absolute Gasteiger partial charge is 0.393 e. The van der Waals surface area contributed by atoms with Gasteiger partial charge >= 0.3 is 0 Å². The summed E-state index contributed by atoms with van der Waals surface area (Å²) in [5.74, 6) is 0. The number of aliphatic hydroxyl groups is 1. The third-order valence-corrected chi connectivity index (χ3v) is 2.96. The van der Waals surface area contributed by atoms with Crippen molar-refractivity contribution in [2.75, 3.05) is 0 Å². The molecule has 0 saturated heterocycles. The van der Waals surface area contributed by atoms with Crippen molar-refractivity contribution in [1.82, 2.24) is 0 Å². The molecule has 0 heterocycles. The van der Waals surface area contributed by atoms with Crippen LogP contribution in [-0.4, -0.2) is 11.2 Å². The van der Waals surface area contributed by atoms with Gasteiger partial charge in [-0.3, -0.25) is 0 Å². The van der Waals surface area contributed by atoms with Crippen LogP contribution in [0.5, 0.6) is 0 Å². The molecule has 0 aromatic rings. The molecule has 1 aliphatic carbocycles. The molecular formula is C11H20O. The SMILES string of the molecule is C=C(C)CCC1(C)CCC(O)C1. The summed E-state index contributed by atoms with van der Waals surface area (Å²) < 4.78 is 0. The minimum atomic E-state index is -0.0416. The Kier molecular flexibility index (Phi) is 2.94. The Bertz CT molecular complexity index is 174. The summed E-state index contributed by atoms with van der Waals surface area (Å²) in [7, 11) is 0. The average molecular weight is 168 g/mol. The molecule has 1 saturated carbocycles. The second kappa shape index (κ2) is 3.61. The molecule has 1 fully saturated rings. The fraction of sp³-hybridized carbons (Fsp3) is 0.818. The minimum absolute atomic E-state index is 0.0416. The van der Waals surface area contributed by atoms with Gasteiger partial charge in [0.1, 0.15) is 0 Å². The molecule has 1 N–H and O–H groups in total. The molecule has 1 rings (SSSR count). The van der Waals surface area contributed by atoms with Crippen molar-refractivity contribution in [3.63, 3.8) is 0 Å². The molecule has 0 aromatic heterocycles. The van der Waals surface area contributed by atoms with Crippen molar-refractivity contribution >= 4 is 0 Å². The van der Waals surface area contributed by atoms with E-state index in [1.165, 1.54) is 18.4 Å². The summed E-state index contributed by atoms with van der Waals surface area (Å²) in [4.78, 5) is 0. The molecule has 0 aliphatic heterocycles. The predicted molar refractivity (Wildman–Crippen MR) is 52.0 cm³/mol. The van der Waals surface area contributed by atoms with Gasteiger partial charge in [0.15, 0.2) is 0 Å². The molecule has 0 spiro atoms. The number of hydrogen-bond donors (Lipinski definition) is 1. The maximum absolute atomic E-state index is 9.41. The van der Waals surface area contributed by atoms with Gasteiger partial charge in [0.25, 0.3) is 0 Å². The van der Waals surface area contributed by atoms with E-state index in [0.29, 0.717) is 5.41 Å². The smallest absolute Gasteiger partial charge is 0.0545 e. The summed E-state index contributed by atoms with van der Waals surface area (Å²) in [5.41, 5.74) is 1.65. The van der Waals surface area contributed by atoms with Gasteiger partial charge in [0.2, 0.25) is 0 Å². The quantitative estimate of drug-likeness (QED) is 0.642. The Labute approximate surface area is 75.5 Å². The van der Waals surface area contributed by atoms with E-state index in [0.717, 1.165) is 19.3 Å². The summed E-state index contributed by atoms with van der Waals surface area (Å²) in [5, 5.41) is 9.41. The lowest BCUT2D eigenvalue weighted by atomic mass is 9.83. The first-order chi connectivity index (χ1) is 5.52. The first-order valence-electron chi connectivity index (χ1n) is 4.84. The van der Waals surface area contributed by atoms with Crippen molar-refractivity contribution in [3.8, 4) is 0 Å². The molecule has 2 atom stereocenters. The van der Waals surface area contributed by atoms with Crippen molar-refractivity contribution < 1.29 is 5.11 Å². The molecule has 2 unspecified atom stereocenters. The summed E-state index contributed by atoms with van der Waals surface area (Å²) in [6.45, 7) is 8.27. The van der Waals surface area contributed by atoms with Crippen molar-refractivity contribution in [2.24, 2.45) is 5.41 Å². The van der Waals surface area contributed by atoms with E-state index in [4.69, 9.17) is 0 Å². The average Bonchev–Trinajstić information content (AvgIpc) is 2.29. The summed E-state index contributed by atoms with van der Waals surface area (Å²) in [6, 6.07) is 0. The van der Waals surface area contributed by atoms with Crippen LogP contribution < -0.4 is 0 Å². The second-order valence-corrected chi connectivity index (χ2v) is 4.66. The van der Waals surface area contributed by atoms with Gasteiger partial charge in [-0.2, -0.15) is 0 Å². The highest BCUT2D eigenvalue weighted by molar-refractivity contribution is 4.93. The van der Waals surface area contributed by atoms with E-state index in [2.05, 4.69) is 20.4 Å². The first kappa shape index (κ1) is 9.79. The Morgan fingerprint density at radius 3 is 2.75 bits per heavy atom. The number of aliphatic hydroxyl groups excluding tert-OH is 1. The van der Waals surface area contributed by atoms with E-state index in [-0.39, 0.29) is 6.10 Å². The van der Waals surface area contributed by atoms with Crippen LogP contribution in [0.15, 0.2) is 12.2 Å². The predicted octanol–water partition coefficient (Wildman–Crippen LogP) is 2.89. The maximum Gasteiger partial charge on any atom is 0.0545 e. The molecule has 1 nitrogen and oxygen atoms in total. The highest BCUT2D eigenvalue weighted by atomic mass is 16.3. The Balaban J connectivity index is 2.35. The van der Waals surface area contributed by atoms with Gasteiger partial charge in [-0.25, -0.2) is 0 Å². The highest BCUT2D eigenvalue weighted by Gasteiger charge is 2.33. The Morgan fingerprint density at radius 1 is 1.67 bits per heavy atom. The molecule has 1 aliphatic rings. The zero-order valence-corrected chi connectivity index (χ0v) is 8.27. The van der Waals surface area contributed by atoms with E-state index in [9.17, 15) is 5.11 Å². The van der Waals surface area contributed by atoms with Gasteiger partial charge in [-0.1, -0.05) is 12.5 Å². The van der Waals surface area contributed by atoms with Crippen LogP contribution in [0.4, 0.5) is 0 Å². The van der Waals surface area contributed by atoms with E-state index in [1.54, 1.807) is 0 Å². The van der Waals surface area contributed by atoms with Crippen LogP contribution in [0, 0.1) is 5.41 Å². The fourth-order valence-corrected chi connectivity index (χ4v) is 2.03. The van der Waals surface area contributed by atoms with E-state index in [1.807, 2.05) is 0 Å². The molecule has 70 valence electrons. The topological polar surface area (TPSA) is 20.2 Å². The number of allylic oxidation sites excluding steroid dienone is 1. The van der Waals surface area contributed by atoms with E-state index >= 15 is 0 Å². The normalized spacial score (nSPS) is 35.4. The van der Waals surface area contributed by atoms with Crippen LogP contribution in [0.3, 0.4) is 0 Å². The van der Waals surface area contributed by atoms with Crippen molar-refractivity contribution in [2.45, 2.75) is 52.1 Å². The highest BCUT2D eigenvalue weighted by Crippen LogP contribution is 2.41. The Morgan fingerprint density at radius 2 is 2.33 bits per heavy atom. The maximum atomic E-state index is 9.41. The third kappa shape index (κ3) is 2.63. The van der Waals surface area contributed by atoms with Crippen molar-refractivity contribution in [1.29, 1.82) is 0 Å². The van der Waals surface area contributed by atoms with Gasteiger partial charge < -0.3 is 5.11 Å². The van der Waals surface area contributed by atoms with Gasteiger partial charge in [0.05, 0.1) is 6.10 Å². The van der Waals surface area contributed by atoms with Crippen LogP contribution in [0.2, 0.25) is 0 Å². The zero-order chi connectivity index (χ0) is 9.19. The first-order valence-corrected chi connectivity index (χ1v) is 4.84. The standard InChI is InChI=1S/C11H20O/c1-9(2)4-6-11(3)7-5-10(12)8-11/h10,12H,1,4-8H2,2-3H3. The lowest BCUT2D eigenvalue weighted by molar-refractivity contribution is 0.161. The van der Waals surface area contributed by atoms with Crippen LogP contribution in [-0.2, 0) is 0 Å². The number of rotatable bonds is 3. The van der Waals surface area contributed by atoms with Crippen LogP contribution in [0.25, 0.3) is 0 Å². The molecule has 0 amide bonds. The van der Waals surface area contributed by atoms with Crippen LogP contribution in [0.1, 0.15) is 46.0 Å². The number of hydrogen-bond acceptors (Lipinski definition) is 1. The fourth-order valence-electron chi connectivity index (χ4n) is 2.03. The second-order valence-electron chi connectivity index (χ2n) is 4.66. The van der Waals surface area contributed by atoms with Crippen LogP contribution >= 0.6 is 0 Å². The zero-order valence-electron chi connectivity index (χ0n) is 8.27. The molecule has 12 heavy (non-hydrogen) atoms. The van der Waals surface area contributed by atoms with Crippen molar-refractivity contribution in [3.05, 3.63) is 12.2 Å². The van der Waals surface area contributed by atoms with Gasteiger partial charge in [-0.15, -0.1) is 6.58 Å². The summed E-state index contributed by atoms with van der Waals surface area (Å²) in [6.07, 6.45) is 5.43.